The molecule has 0 aliphatic carbocycles. The Balaban J connectivity index is 1.27. The summed E-state index contributed by atoms with van der Waals surface area (Å²) in [6, 6.07) is 13.8. The van der Waals surface area contributed by atoms with Crippen LogP contribution in [0.15, 0.2) is 54.2 Å². The minimum absolute atomic E-state index is 0.362. The summed E-state index contributed by atoms with van der Waals surface area (Å²) in [5, 5.41) is 21.1. The lowest BCUT2D eigenvalue weighted by Crippen LogP contribution is -2.36. The quantitative estimate of drug-likeness (QED) is 0.556. The number of thiazole rings is 1. The van der Waals surface area contributed by atoms with E-state index in [1.807, 2.05) is 41.9 Å². The van der Waals surface area contributed by atoms with Gasteiger partial charge in [0, 0.05) is 43.0 Å². The summed E-state index contributed by atoms with van der Waals surface area (Å²) in [5.74, 6) is 1.49. The fourth-order valence-corrected chi connectivity index (χ4v) is 4.64. The summed E-state index contributed by atoms with van der Waals surface area (Å²) in [6.07, 6.45) is 5.64. The number of hydrogen-bond donors (Lipinski definition) is 1. The molecule has 3 aromatic rings. The number of rotatable bonds is 7. The monoisotopic (exact) mass is 447 g/mol. The molecule has 0 radical (unpaired) electrons. The molecule has 1 aliphatic heterocycles. The van der Waals surface area contributed by atoms with E-state index < -0.39 is 6.09 Å². The van der Waals surface area contributed by atoms with E-state index >= 15 is 0 Å². The molecule has 1 N–H and O–H groups in total. The maximum atomic E-state index is 11.6. The first kappa shape index (κ1) is 21.8. The Hall–Kier alpha value is -3.44. The third kappa shape index (κ3) is 5.42. The van der Waals surface area contributed by atoms with Crippen molar-refractivity contribution in [3.63, 3.8) is 0 Å². The average molecular weight is 448 g/mol. The van der Waals surface area contributed by atoms with Crippen LogP contribution in [0.5, 0.6) is 0 Å². The zero-order chi connectivity index (χ0) is 22.3. The van der Waals surface area contributed by atoms with Gasteiger partial charge in [-0.1, -0.05) is 12.1 Å². The molecule has 1 aliphatic rings. The second kappa shape index (κ2) is 10.2. The van der Waals surface area contributed by atoms with Crippen molar-refractivity contribution in [2.45, 2.75) is 25.8 Å². The zero-order valence-corrected chi connectivity index (χ0v) is 18.5. The summed E-state index contributed by atoms with van der Waals surface area (Å²) in [6.45, 7) is 2.75. The summed E-state index contributed by atoms with van der Waals surface area (Å²) in [4.78, 5) is 24.2. The molecule has 0 unspecified atom stereocenters. The van der Waals surface area contributed by atoms with Crippen LogP contribution in [0.25, 0.3) is 11.1 Å². The third-order valence-corrected chi connectivity index (χ3v) is 6.69. The fourth-order valence-electron chi connectivity index (χ4n) is 4.01. The Bertz CT molecular complexity index is 1050. The van der Waals surface area contributed by atoms with Gasteiger partial charge in [0.15, 0.2) is 0 Å². The van der Waals surface area contributed by atoms with Crippen molar-refractivity contribution in [1.29, 1.82) is 5.26 Å². The summed E-state index contributed by atoms with van der Waals surface area (Å²) in [7, 11) is 0. The molecule has 3 heterocycles. The summed E-state index contributed by atoms with van der Waals surface area (Å²) in [5.41, 5.74) is 2.72. The smallest absolute Gasteiger partial charge is 0.407 e. The van der Waals surface area contributed by atoms with Crippen LogP contribution in [0.1, 0.15) is 29.8 Å². The predicted molar refractivity (Wildman–Crippen MR) is 124 cm³/mol. The molecular weight excluding hydrogens is 422 g/mol. The molecule has 8 heteroatoms. The van der Waals surface area contributed by atoms with Gasteiger partial charge in [0.1, 0.15) is 10.8 Å². The van der Waals surface area contributed by atoms with Crippen molar-refractivity contribution in [3.05, 3.63) is 64.7 Å². The van der Waals surface area contributed by atoms with Crippen molar-refractivity contribution in [1.82, 2.24) is 14.9 Å². The number of nitriles is 1. The molecule has 1 amide bonds. The van der Waals surface area contributed by atoms with E-state index in [-0.39, 0.29) is 0 Å². The van der Waals surface area contributed by atoms with Crippen molar-refractivity contribution < 1.29 is 9.90 Å². The number of hydrogen-bond acceptors (Lipinski definition) is 6. The van der Waals surface area contributed by atoms with Crippen molar-refractivity contribution in [2.75, 3.05) is 24.5 Å². The Morgan fingerprint density at radius 1 is 1.16 bits per heavy atom. The highest BCUT2D eigenvalue weighted by Gasteiger charge is 2.22. The van der Waals surface area contributed by atoms with E-state index in [2.05, 4.69) is 27.0 Å². The van der Waals surface area contributed by atoms with E-state index in [9.17, 15) is 9.90 Å². The van der Waals surface area contributed by atoms with E-state index in [0.29, 0.717) is 24.6 Å². The summed E-state index contributed by atoms with van der Waals surface area (Å²) < 4.78 is 0. The van der Waals surface area contributed by atoms with E-state index in [4.69, 9.17) is 5.26 Å². The molecule has 1 fully saturated rings. The number of pyridine rings is 1. The van der Waals surface area contributed by atoms with Gasteiger partial charge in [-0.05, 0) is 55.0 Å². The second-order valence-corrected chi connectivity index (χ2v) is 8.92. The third-order valence-electron chi connectivity index (χ3n) is 5.92. The topological polar surface area (TPSA) is 93.4 Å². The van der Waals surface area contributed by atoms with Crippen LogP contribution in [0.3, 0.4) is 0 Å². The predicted octanol–water partition coefficient (Wildman–Crippen LogP) is 4.86. The second-order valence-electron chi connectivity index (χ2n) is 7.94. The lowest BCUT2D eigenvalue weighted by Gasteiger charge is -2.33. The fraction of sp³-hybridized carbons (Fsp3) is 0.333. The number of carboxylic acid groups (broad SMARTS) is 1. The number of piperidine rings is 1. The van der Waals surface area contributed by atoms with Crippen LogP contribution in [0.2, 0.25) is 0 Å². The lowest BCUT2D eigenvalue weighted by molar-refractivity contribution is 0.137. The lowest BCUT2D eigenvalue weighted by atomic mass is 9.93. The van der Waals surface area contributed by atoms with Crippen LogP contribution in [-0.4, -0.2) is 45.7 Å². The normalized spacial score (nSPS) is 14.2. The van der Waals surface area contributed by atoms with Crippen LogP contribution in [-0.2, 0) is 6.54 Å². The van der Waals surface area contributed by atoms with Crippen molar-refractivity contribution >= 4 is 23.2 Å². The number of benzene rings is 1. The molecular formula is C24H25N5O2S. The number of carbonyl (C=O) groups is 1. The van der Waals surface area contributed by atoms with Crippen molar-refractivity contribution in [3.8, 4) is 17.2 Å². The minimum atomic E-state index is -0.885. The van der Waals surface area contributed by atoms with Crippen LogP contribution >= 0.6 is 11.3 Å². The molecule has 2 aromatic heterocycles. The Kier molecular flexibility index (Phi) is 6.97. The highest BCUT2D eigenvalue weighted by atomic mass is 32.1. The van der Waals surface area contributed by atoms with Gasteiger partial charge in [-0.25, -0.2) is 14.8 Å². The van der Waals surface area contributed by atoms with Gasteiger partial charge < -0.3 is 14.9 Å². The van der Waals surface area contributed by atoms with Crippen LogP contribution in [0.4, 0.5) is 10.6 Å². The van der Waals surface area contributed by atoms with E-state index in [1.165, 1.54) is 16.2 Å². The molecule has 164 valence electrons. The maximum absolute atomic E-state index is 11.6. The van der Waals surface area contributed by atoms with Gasteiger partial charge >= 0.3 is 6.09 Å². The van der Waals surface area contributed by atoms with Crippen LogP contribution < -0.4 is 4.90 Å². The molecule has 0 spiro atoms. The standard InChI is InChI=1S/C24H25N5O2S/c25-15-19-1-3-20(4-2-19)21-5-6-22(27-16-21)28-11-7-18(8-12-28)9-13-29(24(30)31)17-23-26-10-14-32-23/h1-6,10,14,16,18H,7-9,11-13,17H2,(H,30,31). The molecule has 7 nitrogen and oxygen atoms in total. The first-order valence-corrected chi connectivity index (χ1v) is 11.6. The summed E-state index contributed by atoms with van der Waals surface area (Å²) >= 11 is 1.49. The molecule has 4 rings (SSSR count). The number of amides is 1. The van der Waals surface area contributed by atoms with E-state index in [0.717, 1.165) is 54.3 Å². The average Bonchev–Trinajstić information content (AvgIpc) is 3.35. The highest BCUT2D eigenvalue weighted by molar-refractivity contribution is 7.09. The Labute approximate surface area is 191 Å². The van der Waals surface area contributed by atoms with Gasteiger partial charge in [0.2, 0.25) is 0 Å². The molecule has 0 atom stereocenters. The number of anilines is 1. The van der Waals surface area contributed by atoms with Gasteiger partial charge in [-0.3, -0.25) is 0 Å². The van der Waals surface area contributed by atoms with Gasteiger partial charge in [0.25, 0.3) is 0 Å². The highest BCUT2D eigenvalue weighted by Crippen LogP contribution is 2.26. The van der Waals surface area contributed by atoms with Crippen molar-refractivity contribution in [2.24, 2.45) is 5.92 Å². The zero-order valence-electron chi connectivity index (χ0n) is 17.7. The molecule has 0 bridgehead atoms. The molecule has 1 aromatic carbocycles. The maximum Gasteiger partial charge on any atom is 0.407 e. The SMILES string of the molecule is N#Cc1ccc(-c2ccc(N3CCC(CCN(Cc4nccs4)C(=O)O)CC3)nc2)cc1. The van der Waals surface area contributed by atoms with Gasteiger partial charge in [-0.2, -0.15) is 5.26 Å². The minimum Gasteiger partial charge on any atom is -0.465 e. The first-order chi connectivity index (χ1) is 15.6. The van der Waals surface area contributed by atoms with Crippen LogP contribution in [0, 0.1) is 17.2 Å². The number of aromatic nitrogens is 2. The number of nitrogens with zero attached hydrogens (tertiary/aromatic N) is 5. The molecule has 32 heavy (non-hydrogen) atoms. The molecule has 0 saturated carbocycles. The largest absolute Gasteiger partial charge is 0.465 e. The van der Waals surface area contributed by atoms with Gasteiger partial charge in [-0.15, -0.1) is 11.3 Å². The van der Waals surface area contributed by atoms with E-state index in [1.54, 1.807) is 6.20 Å². The van der Waals surface area contributed by atoms with Gasteiger partial charge in [0.05, 0.1) is 18.2 Å². The first-order valence-electron chi connectivity index (χ1n) is 10.7. The Morgan fingerprint density at radius 3 is 2.50 bits per heavy atom. The molecule has 1 saturated heterocycles. The Morgan fingerprint density at radius 2 is 1.91 bits per heavy atom.